The smallest absolute Gasteiger partial charge is 0.203 e. The third-order valence-corrected chi connectivity index (χ3v) is 6.67. The second-order valence-corrected chi connectivity index (χ2v) is 8.89. The van der Waals surface area contributed by atoms with Gasteiger partial charge in [0, 0.05) is 17.8 Å². The van der Waals surface area contributed by atoms with Crippen molar-refractivity contribution in [3.63, 3.8) is 0 Å². The molecule has 4 rings (SSSR count). The van der Waals surface area contributed by atoms with Gasteiger partial charge in [-0.3, -0.25) is 4.98 Å². The van der Waals surface area contributed by atoms with Crippen molar-refractivity contribution < 1.29 is 24.1 Å². The molecule has 0 radical (unpaired) electrons. The Morgan fingerprint density at radius 3 is 2.32 bits per heavy atom. The fourth-order valence-corrected chi connectivity index (χ4v) is 4.88. The van der Waals surface area contributed by atoms with E-state index in [4.69, 9.17) is 18.9 Å². The van der Waals surface area contributed by atoms with Gasteiger partial charge in [0.15, 0.2) is 23.0 Å². The van der Waals surface area contributed by atoms with Crippen LogP contribution >= 0.6 is 0 Å². The second-order valence-electron chi connectivity index (χ2n) is 8.89. The first kappa shape index (κ1) is 24.0. The zero-order valence-corrected chi connectivity index (χ0v) is 20.4. The van der Waals surface area contributed by atoms with Crippen LogP contribution in [0.15, 0.2) is 36.7 Å². The molecule has 1 heterocycles. The molecule has 0 saturated heterocycles. The average Bonchev–Trinajstić information content (AvgIpc) is 2.87. The molecule has 0 amide bonds. The first-order chi connectivity index (χ1) is 16.6. The van der Waals surface area contributed by atoms with Crippen LogP contribution in [0.25, 0.3) is 10.8 Å². The zero-order chi connectivity index (χ0) is 23.9. The number of aromatic hydroxyl groups is 1. The predicted octanol–water partition coefficient (Wildman–Crippen LogP) is 6.30. The summed E-state index contributed by atoms with van der Waals surface area (Å²) in [6, 6.07) is 7.75. The largest absolute Gasteiger partial charge is 0.504 e. The van der Waals surface area contributed by atoms with E-state index >= 15 is 0 Å². The lowest BCUT2D eigenvalue weighted by Crippen LogP contribution is -2.11. The number of phenols is 1. The van der Waals surface area contributed by atoms with Crippen molar-refractivity contribution in [3.8, 4) is 28.7 Å². The Bertz CT molecular complexity index is 1080. The molecular weight excluding hydrogens is 430 g/mol. The molecule has 0 aliphatic heterocycles. The molecule has 1 saturated carbocycles. The Balaban J connectivity index is 1.56. The summed E-state index contributed by atoms with van der Waals surface area (Å²) in [4.78, 5) is 4.36. The Kier molecular flexibility index (Phi) is 7.99. The normalized spacial score (nSPS) is 14.2. The fraction of sp³-hybridized carbons (Fsp3) is 0.464. The highest BCUT2D eigenvalue weighted by atomic mass is 16.5. The van der Waals surface area contributed by atoms with Crippen molar-refractivity contribution >= 4 is 10.8 Å². The number of ether oxygens (including phenoxy) is 4. The SMILES string of the molecule is CCOc1ccc2c(Cc3cc(OC)c(OCCC4CCCCC4)c(OC)c3)cncc2c1O. The summed E-state index contributed by atoms with van der Waals surface area (Å²) in [6.07, 6.45) is 11.8. The van der Waals surface area contributed by atoms with Crippen LogP contribution in [0.3, 0.4) is 0 Å². The minimum atomic E-state index is 0.116. The third-order valence-electron chi connectivity index (χ3n) is 6.67. The molecule has 6 nitrogen and oxygen atoms in total. The molecule has 6 heteroatoms. The highest BCUT2D eigenvalue weighted by Crippen LogP contribution is 2.41. The van der Waals surface area contributed by atoms with Crippen LogP contribution < -0.4 is 18.9 Å². The van der Waals surface area contributed by atoms with Gasteiger partial charge < -0.3 is 24.1 Å². The van der Waals surface area contributed by atoms with Gasteiger partial charge in [-0.2, -0.15) is 0 Å². The Labute approximate surface area is 201 Å². The second kappa shape index (κ2) is 11.3. The lowest BCUT2D eigenvalue weighted by molar-refractivity contribution is 0.229. The van der Waals surface area contributed by atoms with Crippen molar-refractivity contribution in [2.75, 3.05) is 27.4 Å². The van der Waals surface area contributed by atoms with Crippen molar-refractivity contribution in [1.29, 1.82) is 0 Å². The summed E-state index contributed by atoms with van der Waals surface area (Å²) in [5.41, 5.74) is 2.00. The van der Waals surface area contributed by atoms with Gasteiger partial charge in [-0.1, -0.05) is 38.2 Å². The van der Waals surface area contributed by atoms with E-state index < -0.39 is 0 Å². The number of nitrogens with zero attached hydrogens (tertiary/aromatic N) is 1. The molecule has 1 aliphatic rings. The van der Waals surface area contributed by atoms with Crippen molar-refractivity contribution in [2.24, 2.45) is 5.92 Å². The molecule has 3 aromatic rings. The van der Waals surface area contributed by atoms with Crippen LogP contribution in [0.2, 0.25) is 0 Å². The van der Waals surface area contributed by atoms with Crippen LogP contribution in [0.4, 0.5) is 0 Å². The zero-order valence-electron chi connectivity index (χ0n) is 20.4. The number of phenolic OH excluding ortho intramolecular Hbond substituents is 1. The van der Waals surface area contributed by atoms with Crippen LogP contribution in [-0.2, 0) is 6.42 Å². The molecule has 1 aliphatic carbocycles. The highest BCUT2D eigenvalue weighted by molar-refractivity contribution is 5.92. The van der Waals surface area contributed by atoms with Crippen molar-refractivity contribution in [2.45, 2.75) is 51.9 Å². The van der Waals surface area contributed by atoms with Gasteiger partial charge in [0.05, 0.1) is 27.4 Å². The maximum Gasteiger partial charge on any atom is 0.203 e. The van der Waals surface area contributed by atoms with E-state index in [1.807, 2.05) is 31.3 Å². The van der Waals surface area contributed by atoms with Gasteiger partial charge >= 0.3 is 0 Å². The van der Waals surface area contributed by atoms with Gasteiger partial charge in [0.25, 0.3) is 0 Å². The van der Waals surface area contributed by atoms with Gasteiger partial charge in [0.1, 0.15) is 0 Å². The molecule has 0 unspecified atom stereocenters. The van der Waals surface area contributed by atoms with Gasteiger partial charge in [-0.15, -0.1) is 0 Å². The highest BCUT2D eigenvalue weighted by Gasteiger charge is 2.18. The maximum absolute atomic E-state index is 10.6. The van der Waals surface area contributed by atoms with Gasteiger partial charge in [-0.25, -0.2) is 0 Å². The van der Waals surface area contributed by atoms with E-state index in [1.165, 1.54) is 32.1 Å². The van der Waals surface area contributed by atoms with Crippen LogP contribution in [-0.4, -0.2) is 37.5 Å². The van der Waals surface area contributed by atoms with E-state index in [0.29, 0.717) is 48.0 Å². The number of hydrogen-bond donors (Lipinski definition) is 1. The quantitative estimate of drug-likeness (QED) is 0.379. The van der Waals surface area contributed by atoms with Crippen molar-refractivity contribution in [1.82, 2.24) is 4.98 Å². The van der Waals surface area contributed by atoms with Crippen LogP contribution in [0, 0.1) is 5.92 Å². The lowest BCUT2D eigenvalue weighted by Gasteiger charge is -2.22. The third kappa shape index (κ3) is 5.32. The molecule has 0 spiro atoms. The summed E-state index contributed by atoms with van der Waals surface area (Å²) in [6.45, 7) is 3.04. The number of aromatic nitrogens is 1. The van der Waals surface area contributed by atoms with E-state index in [0.717, 1.165) is 28.9 Å². The molecule has 0 atom stereocenters. The van der Waals surface area contributed by atoms with Crippen LogP contribution in [0.5, 0.6) is 28.7 Å². The van der Waals surface area contributed by atoms with Crippen LogP contribution in [0.1, 0.15) is 56.6 Å². The topological polar surface area (TPSA) is 70.0 Å². The van der Waals surface area contributed by atoms with E-state index in [9.17, 15) is 5.11 Å². The van der Waals surface area contributed by atoms with Crippen molar-refractivity contribution in [3.05, 3.63) is 47.8 Å². The molecule has 1 fully saturated rings. The molecule has 1 aromatic heterocycles. The minimum Gasteiger partial charge on any atom is -0.504 e. The summed E-state index contributed by atoms with van der Waals surface area (Å²) >= 11 is 0. The first-order valence-electron chi connectivity index (χ1n) is 12.2. The van der Waals surface area contributed by atoms with E-state index in [-0.39, 0.29) is 5.75 Å². The van der Waals surface area contributed by atoms with Gasteiger partial charge in [0.2, 0.25) is 5.75 Å². The molecule has 0 bridgehead atoms. The Hall–Kier alpha value is -3.15. The number of methoxy groups -OCH3 is 2. The van der Waals surface area contributed by atoms with Gasteiger partial charge in [-0.05, 0) is 60.4 Å². The summed E-state index contributed by atoms with van der Waals surface area (Å²) in [5, 5.41) is 12.2. The summed E-state index contributed by atoms with van der Waals surface area (Å²) in [5.74, 6) is 3.31. The number of pyridine rings is 1. The number of hydrogen-bond acceptors (Lipinski definition) is 6. The number of rotatable bonds is 10. The predicted molar refractivity (Wildman–Crippen MR) is 134 cm³/mol. The molecule has 182 valence electrons. The summed E-state index contributed by atoms with van der Waals surface area (Å²) in [7, 11) is 3.30. The maximum atomic E-state index is 10.6. The number of benzene rings is 2. The molecule has 2 aromatic carbocycles. The lowest BCUT2D eigenvalue weighted by atomic mass is 9.87. The first-order valence-corrected chi connectivity index (χ1v) is 12.2. The Morgan fingerprint density at radius 1 is 0.912 bits per heavy atom. The fourth-order valence-electron chi connectivity index (χ4n) is 4.88. The Morgan fingerprint density at radius 2 is 1.65 bits per heavy atom. The van der Waals surface area contributed by atoms with E-state index in [2.05, 4.69) is 4.98 Å². The standard InChI is InChI=1S/C28H35NO5/c1-4-33-24-11-10-22-21(17-29-18-23(22)27(24)30)14-20-15-25(31-2)28(26(16-20)32-3)34-13-12-19-8-6-5-7-9-19/h10-11,15-19,30H,4-9,12-14H2,1-3H3. The number of fused-ring (bicyclic) bond motifs is 1. The monoisotopic (exact) mass is 465 g/mol. The summed E-state index contributed by atoms with van der Waals surface area (Å²) < 4.78 is 23.1. The van der Waals surface area contributed by atoms with E-state index in [1.54, 1.807) is 26.5 Å². The average molecular weight is 466 g/mol. The molecular formula is C28H35NO5. The molecule has 34 heavy (non-hydrogen) atoms. The molecule has 1 N–H and O–H groups in total. The minimum absolute atomic E-state index is 0.116.